The van der Waals surface area contributed by atoms with Crippen molar-refractivity contribution >= 4 is 28.1 Å². The lowest BCUT2D eigenvalue weighted by atomic mass is 10.1. The third kappa shape index (κ3) is 4.28. The predicted molar refractivity (Wildman–Crippen MR) is 115 cm³/mol. The zero-order valence-corrected chi connectivity index (χ0v) is 17.6. The average Bonchev–Trinajstić information content (AvgIpc) is 3.23. The number of rotatable bonds is 4. The first kappa shape index (κ1) is 18.9. The molecular weight excluding hydrogens is 406 g/mol. The van der Waals surface area contributed by atoms with Crippen molar-refractivity contribution in [2.75, 3.05) is 37.7 Å². The summed E-state index contributed by atoms with van der Waals surface area (Å²) in [7, 11) is 0. The van der Waals surface area contributed by atoms with Crippen LogP contribution in [0.15, 0.2) is 36.7 Å². The molecular formula is C21H22ClN5OS. The molecule has 150 valence electrons. The second-order valence-corrected chi connectivity index (χ2v) is 8.87. The van der Waals surface area contributed by atoms with Crippen LogP contribution >= 0.6 is 22.9 Å². The van der Waals surface area contributed by atoms with Crippen molar-refractivity contribution in [3.05, 3.63) is 57.8 Å². The molecule has 0 aliphatic carbocycles. The van der Waals surface area contributed by atoms with Gasteiger partial charge in [-0.1, -0.05) is 11.6 Å². The molecule has 1 saturated heterocycles. The Morgan fingerprint density at radius 3 is 2.69 bits per heavy atom. The van der Waals surface area contributed by atoms with Gasteiger partial charge in [-0.05, 0) is 24.3 Å². The van der Waals surface area contributed by atoms with Crippen LogP contribution in [0.1, 0.15) is 16.1 Å². The summed E-state index contributed by atoms with van der Waals surface area (Å²) in [5.74, 6) is 0.770. The Labute approximate surface area is 179 Å². The second kappa shape index (κ2) is 8.36. The SMILES string of the molecule is Clc1ccc(-c2ncc3c(n2)CCN(Cc2cnc(N4CCOCC4)s2)C3)cc1. The van der Waals surface area contributed by atoms with E-state index in [1.807, 2.05) is 36.7 Å². The fraction of sp³-hybridized carbons (Fsp3) is 0.381. The first-order valence-corrected chi connectivity index (χ1v) is 11.0. The molecule has 0 spiro atoms. The summed E-state index contributed by atoms with van der Waals surface area (Å²) in [6.07, 6.45) is 4.93. The molecule has 0 bridgehead atoms. The molecule has 2 aliphatic heterocycles. The highest BCUT2D eigenvalue weighted by Gasteiger charge is 2.21. The normalized spacial score (nSPS) is 17.3. The van der Waals surface area contributed by atoms with Crippen LogP contribution in [-0.2, 0) is 24.2 Å². The van der Waals surface area contributed by atoms with Crippen LogP contribution in [-0.4, -0.2) is 52.7 Å². The highest BCUT2D eigenvalue weighted by Crippen LogP contribution is 2.27. The number of ether oxygens (including phenoxy) is 1. The van der Waals surface area contributed by atoms with E-state index in [4.69, 9.17) is 21.3 Å². The third-order valence-corrected chi connectivity index (χ3v) is 6.61. The zero-order valence-electron chi connectivity index (χ0n) is 16.1. The Bertz CT molecular complexity index is 987. The smallest absolute Gasteiger partial charge is 0.185 e. The number of benzene rings is 1. The number of nitrogens with zero attached hydrogens (tertiary/aromatic N) is 5. The van der Waals surface area contributed by atoms with Crippen molar-refractivity contribution in [2.45, 2.75) is 19.5 Å². The lowest BCUT2D eigenvalue weighted by Gasteiger charge is -2.27. The van der Waals surface area contributed by atoms with Crippen LogP contribution in [0.2, 0.25) is 5.02 Å². The molecule has 0 radical (unpaired) electrons. The minimum absolute atomic E-state index is 0.724. The molecule has 0 saturated carbocycles. The van der Waals surface area contributed by atoms with Crippen LogP contribution in [0, 0.1) is 0 Å². The molecule has 0 unspecified atom stereocenters. The number of fused-ring (bicyclic) bond motifs is 1. The van der Waals surface area contributed by atoms with Gasteiger partial charge in [-0.2, -0.15) is 0 Å². The van der Waals surface area contributed by atoms with Crippen molar-refractivity contribution in [2.24, 2.45) is 0 Å². The van der Waals surface area contributed by atoms with Crippen LogP contribution in [0.3, 0.4) is 0 Å². The third-order valence-electron chi connectivity index (χ3n) is 5.32. The van der Waals surface area contributed by atoms with E-state index in [1.165, 1.54) is 10.4 Å². The Morgan fingerprint density at radius 2 is 1.86 bits per heavy atom. The fourth-order valence-corrected chi connectivity index (χ4v) is 4.87. The van der Waals surface area contributed by atoms with Gasteiger partial charge < -0.3 is 9.64 Å². The van der Waals surface area contributed by atoms with Gasteiger partial charge >= 0.3 is 0 Å². The Morgan fingerprint density at radius 1 is 1.03 bits per heavy atom. The number of aromatic nitrogens is 3. The molecule has 0 amide bonds. The Balaban J connectivity index is 1.25. The summed E-state index contributed by atoms with van der Waals surface area (Å²) in [4.78, 5) is 20.1. The summed E-state index contributed by atoms with van der Waals surface area (Å²) in [6, 6.07) is 7.69. The summed E-state index contributed by atoms with van der Waals surface area (Å²) >= 11 is 7.78. The molecule has 5 rings (SSSR count). The maximum atomic E-state index is 5.98. The highest BCUT2D eigenvalue weighted by atomic mass is 35.5. The number of anilines is 1. The fourth-order valence-electron chi connectivity index (χ4n) is 3.74. The number of morpholine rings is 1. The van der Waals surface area contributed by atoms with Gasteiger partial charge in [0.15, 0.2) is 11.0 Å². The van der Waals surface area contributed by atoms with Crippen molar-refractivity contribution < 1.29 is 4.74 Å². The van der Waals surface area contributed by atoms with Crippen LogP contribution in [0.5, 0.6) is 0 Å². The van der Waals surface area contributed by atoms with Crippen LogP contribution in [0.25, 0.3) is 11.4 Å². The molecule has 0 N–H and O–H groups in total. The molecule has 29 heavy (non-hydrogen) atoms. The molecule has 1 aromatic carbocycles. The van der Waals surface area contributed by atoms with E-state index in [9.17, 15) is 0 Å². The van der Waals surface area contributed by atoms with Crippen LogP contribution < -0.4 is 4.90 Å². The minimum Gasteiger partial charge on any atom is -0.378 e. The lowest BCUT2D eigenvalue weighted by molar-refractivity contribution is 0.122. The molecule has 2 aliphatic rings. The van der Waals surface area contributed by atoms with E-state index in [2.05, 4.69) is 19.8 Å². The van der Waals surface area contributed by atoms with Crippen molar-refractivity contribution in [1.82, 2.24) is 19.9 Å². The maximum absolute atomic E-state index is 5.98. The van der Waals surface area contributed by atoms with E-state index < -0.39 is 0 Å². The zero-order chi connectivity index (χ0) is 19.6. The quantitative estimate of drug-likeness (QED) is 0.633. The topological polar surface area (TPSA) is 54.4 Å². The van der Waals surface area contributed by atoms with Gasteiger partial charge in [-0.3, -0.25) is 4.90 Å². The average molecular weight is 428 g/mol. The van der Waals surface area contributed by atoms with E-state index in [-0.39, 0.29) is 0 Å². The van der Waals surface area contributed by atoms with Gasteiger partial charge in [-0.15, -0.1) is 11.3 Å². The van der Waals surface area contributed by atoms with Gasteiger partial charge in [0, 0.05) is 72.6 Å². The molecule has 1 fully saturated rings. The van der Waals surface area contributed by atoms with Gasteiger partial charge in [-0.25, -0.2) is 15.0 Å². The number of halogens is 1. The second-order valence-electron chi connectivity index (χ2n) is 7.34. The first-order chi connectivity index (χ1) is 14.2. The summed E-state index contributed by atoms with van der Waals surface area (Å²) < 4.78 is 5.43. The minimum atomic E-state index is 0.724. The monoisotopic (exact) mass is 427 g/mol. The number of hydrogen-bond donors (Lipinski definition) is 0. The molecule has 3 aromatic rings. The predicted octanol–water partition coefficient (Wildman–Crippen LogP) is 3.65. The molecule has 0 atom stereocenters. The summed E-state index contributed by atoms with van der Waals surface area (Å²) in [5, 5.41) is 1.83. The van der Waals surface area contributed by atoms with Crippen molar-refractivity contribution in [3.63, 3.8) is 0 Å². The number of thiazole rings is 1. The Hall–Kier alpha value is -2.06. The van der Waals surface area contributed by atoms with E-state index in [0.717, 1.165) is 79.6 Å². The van der Waals surface area contributed by atoms with Gasteiger partial charge in [0.25, 0.3) is 0 Å². The molecule has 8 heteroatoms. The molecule has 4 heterocycles. The van der Waals surface area contributed by atoms with E-state index in [1.54, 1.807) is 11.3 Å². The van der Waals surface area contributed by atoms with E-state index >= 15 is 0 Å². The highest BCUT2D eigenvalue weighted by molar-refractivity contribution is 7.15. The number of hydrogen-bond acceptors (Lipinski definition) is 7. The maximum Gasteiger partial charge on any atom is 0.185 e. The Kier molecular flexibility index (Phi) is 5.46. The van der Waals surface area contributed by atoms with E-state index in [0.29, 0.717) is 0 Å². The molecule has 2 aromatic heterocycles. The van der Waals surface area contributed by atoms with Gasteiger partial charge in [0.1, 0.15) is 0 Å². The van der Waals surface area contributed by atoms with Crippen molar-refractivity contribution in [1.29, 1.82) is 0 Å². The summed E-state index contributed by atoms with van der Waals surface area (Å²) in [6.45, 7) is 6.22. The van der Waals surface area contributed by atoms with Crippen molar-refractivity contribution in [3.8, 4) is 11.4 Å². The van der Waals surface area contributed by atoms with Gasteiger partial charge in [0.05, 0.1) is 18.9 Å². The summed E-state index contributed by atoms with van der Waals surface area (Å²) in [5.41, 5.74) is 3.37. The lowest BCUT2D eigenvalue weighted by Crippen LogP contribution is -2.36. The standard InChI is InChI=1S/C21H22ClN5OS/c22-17-3-1-15(2-4-17)20-23-11-16-13-26(6-5-19(16)25-20)14-18-12-24-21(29-18)27-7-9-28-10-8-27/h1-4,11-12H,5-10,13-14H2. The van der Waals surface area contributed by atoms with Gasteiger partial charge in [0.2, 0.25) is 0 Å². The molecule has 6 nitrogen and oxygen atoms in total. The largest absolute Gasteiger partial charge is 0.378 e. The first-order valence-electron chi connectivity index (χ1n) is 9.85. The van der Waals surface area contributed by atoms with Crippen LogP contribution in [0.4, 0.5) is 5.13 Å².